The van der Waals surface area contributed by atoms with Gasteiger partial charge in [-0.1, -0.05) is 36.1 Å². The van der Waals surface area contributed by atoms with Crippen molar-refractivity contribution in [1.82, 2.24) is 0 Å². The predicted octanol–water partition coefficient (Wildman–Crippen LogP) is 7.20. The van der Waals surface area contributed by atoms with Crippen molar-refractivity contribution in [3.05, 3.63) is 0 Å². The molecule has 0 saturated carbocycles. The van der Waals surface area contributed by atoms with Gasteiger partial charge in [0.05, 0.1) is 6.10 Å². The van der Waals surface area contributed by atoms with Crippen molar-refractivity contribution in [2.75, 3.05) is 19.8 Å². The van der Waals surface area contributed by atoms with Crippen LogP contribution in [0.2, 0.25) is 38.3 Å². The first-order chi connectivity index (χ1) is 9.42. The van der Waals surface area contributed by atoms with Gasteiger partial charge >= 0.3 is 0 Å². The molecule has 0 atom stereocenters. The van der Waals surface area contributed by atoms with E-state index in [4.69, 9.17) is 13.6 Å². The average molecular weight is 385 g/mol. The second kappa shape index (κ2) is 18.1. The summed E-state index contributed by atoms with van der Waals surface area (Å²) in [6.07, 6.45) is 1.35. The zero-order chi connectivity index (χ0) is 17.1. The van der Waals surface area contributed by atoms with Crippen LogP contribution in [0.3, 0.4) is 0 Å². The lowest BCUT2D eigenvalue weighted by molar-refractivity contribution is 0.0686. The van der Waals surface area contributed by atoms with Gasteiger partial charge in [-0.05, 0) is 65.5 Å². The molecule has 0 aliphatic rings. The summed E-state index contributed by atoms with van der Waals surface area (Å²) in [6, 6.07) is 0. The summed E-state index contributed by atoms with van der Waals surface area (Å²) >= 11 is 0. The highest BCUT2D eigenvalue weighted by Crippen LogP contribution is 2.21. The highest BCUT2D eigenvalue weighted by Gasteiger charge is 2.26. The summed E-state index contributed by atoms with van der Waals surface area (Å²) in [6.45, 7) is 24.3. The largest absolute Gasteiger partial charge is 0.418 e. The topological polar surface area (TPSA) is 27.7 Å². The minimum atomic E-state index is -1.41. The number of ether oxygens (including phenoxy) is 1. The zero-order valence-corrected chi connectivity index (χ0v) is 18.2. The monoisotopic (exact) mass is 384 g/mol. The van der Waals surface area contributed by atoms with E-state index < -0.39 is 16.6 Å². The molecule has 0 N–H and O–H groups in total. The molecule has 3 nitrogen and oxygen atoms in total. The van der Waals surface area contributed by atoms with Gasteiger partial charge in [0.15, 0.2) is 16.6 Å². The van der Waals surface area contributed by atoms with Crippen LogP contribution in [0.1, 0.15) is 63.3 Å². The predicted molar refractivity (Wildman–Crippen MR) is 119 cm³/mol. The van der Waals surface area contributed by atoms with E-state index in [0.717, 1.165) is 26.2 Å². The molecule has 0 rings (SSSR count). The maximum absolute atomic E-state index is 5.93. The van der Waals surface area contributed by atoms with Crippen LogP contribution in [0.5, 0.6) is 0 Å². The number of hydrogen-bond acceptors (Lipinski definition) is 3. The molecule has 0 heterocycles. The molecule has 0 spiro atoms. The fraction of sp³-hybridized carbons (Fsp3) is 1.00. The van der Waals surface area contributed by atoms with E-state index in [1.165, 1.54) is 0 Å². The van der Waals surface area contributed by atoms with Gasteiger partial charge in [0.2, 0.25) is 0 Å². The van der Waals surface area contributed by atoms with Gasteiger partial charge in [-0.2, -0.15) is 0 Å². The van der Waals surface area contributed by atoms with E-state index in [1.807, 2.05) is 6.92 Å². The maximum atomic E-state index is 5.93. The van der Waals surface area contributed by atoms with Crippen LogP contribution in [-0.4, -0.2) is 42.6 Å². The first-order valence-corrected chi connectivity index (χ1v) is 14.7. The van der Waals surface area contributed by atoms with Crippen molar-refractivity contribution in [1.29, 1.82) is 0 Å². The van der Waals surface area contributed by atoms with Crippen molar-refractivity contribution in [2.45, 2.75) is 108 Å². The molecule has 0 aliphatic heterocycles. The first-order valence-electron chi connectivity index (χ1n) is 8.32. The van der Waals surface area contributed by atoms with Crippen LogP contribution in [0.25, 0.3) is 0 Å². The van der Waals surface area contributed by atoms with Gasteiger partial charge in [0.25, 0.3) is 0 Å². The smallest absolute Gasteiger partial charge is 0.189 e. The van der Waals surface area contributed by atoms with Crippen LogP contribution in [0, 0.1) is 0 Å². The summed E-state index contributed by atoms with van der Waals surface area (Å²) in [4.78, 5) is 0. The summed E-state index contributed by atoms with van der Waals surface area (Å²) in [5, 5.41) is 0. The lowest BCUT2D eigenvalue weighted by Crippen LogP contribution is -2.34. The summed E-state index contributed by atoms with van der Waals surface area (Å²) < 4.78 is 16.8. The number of rotatable bonds is 9. The molecule has 5 heteroatoms. The van der Waals surface area contributed by atoms with Crippen LogP contribution in [0.15, 0.2) is 0 Å². The van der Waals surface area contributed by atoms with Gasteiger partial charge in [-0.25, -0.2) is 0 Å². The molecular formula is C19H52O3Si2. The van der Waals surface area contributed by atoms with Gasteiger partial charge < -0.3 is 13.6 Å². The average Bonchev–Trinajstić information content (AvgIpc) is 2.26. The summed E-state index contributed by atoms with van der Waals surface area (Å²) in [5.74, 6) is 0. The van der Waals surface area contributed by atoms with Gasteiger partial charge in [0, 0.05) is 19.8 Å². The Morgan fingerprint density at radius 2 is 1.21 bits per heavy atom. The Kier molecular flexibility index (Phi) is 26.7. The lowest BCUT2D eigenvalue weighted by atomic mass is 10.4. The second-order valence-electron chi connectivity index (χ2n) is 7.43. The third kappa shape index (κ3) is 27.2. The van der Waals surface area contributed by atoms with Gasteiger partial charge in [0.1, 0.15) is 0 Å². The van der Waals surface area contributed by atoms with Crippen molar-refractivity contribution in [3.8, 4) is 0 Å². The van der Waals surface area contributed by atoms with E-state index >= 15 is 0 Å². The van der Waals surface area contributed by atoms with Gasteiger partial charge in [-0.15, -0.1) is 0 Å². The molecule has 24 heavy (non-hydrogen) atoms. The molecule has 0 saturated heterocycles. The minimum Gasteiger partial charge on any atom is -0.418 e. The molecule has 0 aromatic heterocycles. The third-order valence-electron chi connectivity index (χ3n) is 3.18. The molecule has 0 amide bonds. The standard InChI is InChI=1S/C11H26O2Si.C5H14OSi.3CH4/c1-10(2)12-8-7-9-13-14(5,6)11(3)4;1-5-6-7(2,3)4;;;/h10-11H,7-9H2,1-6H3;5H2,1-4H3;3*1H4. The Hall–Kier alpha value is 0.314. The van der Waals surface area contributed by atoms with Crippen molar-refractivity contribution in [2.24, 2.45) is 0 Å². The summed E-state index contributed by atoms with van der Waals surface area (Å²) in [5.41, 5.74) is 0.688. The highest BCUT2D eigenvalue weighted by molar-refractivity contribution is 6.72. The third-order valence-corrected chi connectivity index (χ3v) is 8.07. The number of hydrogen-bond donors (Lipinski definition) is 0. The molecule has 0 aromatic carbocycles. The molecular weight excluding hydrogens is 332 g/mol. The Morgan fingerprint density at radius 3 is 1.46 bits per heavy atom. The van der Waals surface area contributed by atoms with Crippen molar-refractivity contribution >= 4 is 16.6 Å². The van der Waals surface area contributed by atoms with E-state index in [2.05, 4.69) is 60.4 Å². The molecule has 0 bridgehead atoms. The molecule has 0 aromatic rings. The van der Waals surface area contributed by atoms with Crippen LogP contribution in [0.4, 0.5) is 0 Å². The van der Waals surface area contributed by atoms with E-state index in [9.17, 15) is 0 Å². The molecule has 0 radical (unpaired) electrons. The van der Waals surface area contributed by atoms with E-state index in [1.54, 1.807) is 0 Å². The Bertz CT molecular complexity index is 237. The molecule has 0 fully saturated rings. The van der Waals surface area contributed by atoms with E-state index in [0.29, 0.717) is 11.6 Å². The van der Waals surface area contributed by atoms with E-state index in [-0.39, 0.29) is 22.3 Å². The highest BCUT2D eigenvalue weighted by atomic mass is 28.4. The zero-order valence-electron chi connectivity index (χ0n) is 16.2. The summed E-state index contributed by atoms with van der Waals surface area (Å²) in [7, 11) is -2.57. The minimum absolute atomic E-state index is 0. The second-order valence-corrected chi connectivity index (χ2v) is 16.6. The SMILES string of the molecule is C.C.C.CC(C)OCCCO[Si](C)(C)C(C)C.CCO[Si](C)(C)C. The van der Waals surface area contributed by atoms with Crippen molar-refractivity contribution < 1.29 is 13.6 Å². The Labute approximate surface area is 158 Å². The Morgan fingerprint density at radius 1 is 0.750 bits per heavy atom. The van der Waals surface area contributed by atoms with Crippen LogP contribution in [-0.2, 0) is 13.6 Å². The maximum Gasteiger partial charge on any atom is 0.189 e. The molecule has 154 valence electrons. The quantitative estimate of drug-likeness (QED) is 0.311. The van der Waals surface area contributed by atoms with Crippen LogP contribution >= 0.6 is 0 Å². The normalized spacial score (nSPS) is 11.0. The van der Waals surface area contributed by atoms with Crippen LogP contribution < -0.4 is 0 Å². The Balaban J connectivity index is -0.000000105. The molecule has 0 aliphatic carbocycles. The fourth-order valence-electron chi connectivity index (χ4n) is 1.31. The lowest BCUT2D eigenvalue weighted by Gasteiger charge is -2.26. The fourth-order valence-corrected chi connectivity index (χ4v) is 3.18. The molecule has 0 unspecified atom stereocenters. The van der Waals surface area contributed by atoms with Crippen molar-refractivity contribution in [3.63, 3.8) is 0 Å². The van der Waals surface area contributed by atoms with Gasteiger partial charge in [-0.3, -0.25) is 0 Å². The first kappa shape index (κ1) is 35.4.